The van der Waals surface area contributed by atoms with E-state index in [0.717, 1.165) is 5.69 Å². The lowest BCUT2D eigenvalue weighted by Gasteiger charge is -2.37. The molecule has 10 heteroatoms. The van der Waals surface area contributed by atoms with Gasteiger partial charge in [0, 0.05) is 49.6 Å². The van der Waals surface area contributed by atoms with Crippen LogP contribution < -0.4 is 15.0 Å². The van der Waals surface area contributed by atoms with Crippen LogP contribution in [0.5, 0.6) is 5.75 Å². The fourth-order valence-electron chi connectivity index (χ4n) is 3.12. The standard InChI is InChI=1S/C20H21ClN4O4S/c1-2-29-18-8-3-14(13-17(18)21)19(26)22-20(30)24-11-9-23(10-12-24)15-4-6-16(7-5-15)25(27)28/h3-8,13H,2,9-12H2,1H3,(H,22,26,30). The number of halogens is 1. The first-order valence-corrected chi connectivity index (χ1v) is 10.2. The third-order valence-electron chi connectivity index (χ3n) is 4.71. The molecular formula is C20H21ClN4O4S. The topological polar surface area (TPSA) is 88.0 Å². The minimum Gasteiger partial charge on any atom is -0.492 e. The Hall–Kier alpha value is -2.91. The lowest BCUT2D eigenvalue weighted by molar-refractivity contribution is -0.384. The molecule has 2 aromatic rings. The second-order valence-corrected chi connectivity index (χ2v) is 7.38. The average molecular weight is 449 g/mol. The minimum absolute atomic E-state index is 0.0654. The molecule has 30 heavy (non-hydrogen) atoms. The number of thiocarbonyl (C=S) groups is 1. The minimum atomic E-state index is -0.416. The molecule has 1 saturated heterocycles. The summed E-state index contributed by atoms with van der Waals surface area (Å²) < 4.78 is 5.38. The predicted octanol–water partition coefficient (Wildman–Crippen LogP) is 3.48. The number of amides is 1. The summed E-state index contributed by atoms with van der Waals surface area (Å²) >= 11 is 11.5. The summed E-state index contributed by atoms with van der Waals surface area (Å²) in [5.41, 5.74) is 1.38. The van der Waals surface area contributed by atoms with Crippen LogP contribution >= 0.6 is 23.8 Å². The van der Waals surface area contributed by atoms with E-state index in [0.29, 0.717) is 54.2 Å². The van der Waals surface area contributed by atoms with Crippen molar-refractivity contribution in [1.29, 1.82) is 0 Å². The van der Waals surface area contributed by atoms with E-state index in [-0.39, 0.29) is 11.6 Å². The number of rotatable bonds is 5. The lowest BCUT2D eigenvalue weighted by Crippen LogP contribution is -2.52. The van der Waals surface area contributed by atoms with Crippen LogP contribution in [-0.2, 0) is 0 Å². The monoisotopic (exact) mass is 448 g/mol. The van der Waals surface area contributed by atoms with Crippen molar-refractivity contribution in [3.63, 3.8) is 0 Å². The Kier molecular flexibility index (Phi) is 7.07. The number of benzene rings is 2. The quantitative estimate of drug-likeness (QED) is 0.425. The van der Waals surface area contributed by atoms with Gasteiger partial charge in [-0.05, 0) is 49.5 Å². The molecule has 8 nitrogen and oxygen atoms in total. The molecule has 0 spiro atoms. The van der Waals surface area contributed by atoms with Crippen LogP contribution in [0.1, 0.15) is 17.3 Å². The fourth-order valence-corrected chi connectivity index (χ4v) is 3.63. The zero-order valence-corrected chi connectivity index (χ0v) is 17.9. The third-order valence-corrected chi connectivity index (χ3v) is 5.36. The number of anilines is 1. The van der Waals surface area contributed by atoms with Crippen LogP contribution in [0.3, 0.4) is 0 Å². The predicted molar refractivity (Wildman–Crippen MR) is 120 cm³/mol. The van der Waals surface area contributed by atoms with E-state index in [1.165, 1.54) is 12.1 Å². The number of nitro groups is 1. The Labute approximate surface area is 184 Å². The summed E-state index contributed by atoms with van der Waals surface area (Å²) in [5, 5.41) is 14.3. The largest absolute Gasteiger partial charge is 0.492 e. The summed E-state index contributed by atoms with van der Waals surface area (Å²) in [7, 11) is 0. The smallest absolute Gasteiger partial charge is 0.269 e. The van der Waals surface area contributed by atoms with Gasteiger partial charge in [-0.2, -0.15) is 0 Å². The van der Waals surface area contributed by atoms with Gasteiger partial charge in [0.2, 0.25) is 0 Å². The lowest BCUT2D eigenvalue weighted by atomic mass is 10.2. The van der Waals surface area contributed by atoms with Gasteiger partial charge in [0.1, 0.15) is 5.75 Å². The first-order valence-electron chi connectivity index (χ1n) is 9.41. The van der Waals surface area contributed by atoms with Gasteiger partial charge in [0.15, 0.2) is 5.11 Å². The Morgan fingerprint density at radius 1 is 1.20 bits per heavy atom. The number of nitrogens with one attached hydrogen (secondary N) is 1. The Bertz CT molecular complexity index is 946. The van der Waals surface area contributed by atoms with E-state index in [9.17, 15) is 14.9 Å². The first-order chi connectivity index (χ1) is 14.4. The zero-order chi connectivity index (χ0) is 21.7. The van der Waals surface area contributed by atoms with Gasteiger partial charge in [-0.1, -0.05) is 11.6 Å². The van der Waals surface area contributed by atoms with Gasteiger partial charge in [0.05, 0.1) is 16.6 Å². The molecule has 1 aliphatic rings. The molecule has 158 valence electrons. The molecule has 0 bridgehead atoms. The maximum atomic E-state index is 12.5. The van der Waals surface area contributed by atoms with Crippen molar-refractivity contribution >= 4 is 46.2 Å². The number of hydrogen-bond donors (Lipinski definition) is 1. The van der Waals surface area contributed by atoms with Gasteiger partial charge in [0.25, 0.3) is 11.6 Å². The maximum absolute atomic E-state index is 12.5. The van der Waals surface area contributed by atoms with E-state index >= 15 is 0 Å². The van der Waals surface area contributed by atoms with Crippen molar-refractivity contribution in [3.8, 4) is 5.75 Å². The molecule has 0 unspecified atom stereocenters. The number of carbonyl (C=O) groups is 1. The SMILES string of the molecule is CCOc1ccc(C(=O)NC(=S)N2CCN(c3ccc([N+](=O)[O-])cc3)CC2)cc1Cl. The summed E-state index contributed by atoms with van der Waals surface area (Å²) in [5.74, 6) is 0.198. The van der Waals surface area contributed by atoms with E-state index in [2.05, 4.69) is 10.2 Å². The molecule has 0 radical (unpaired) electrons. The van der Waals surface area contributed by atoms with Crippen molar-refractivity contribution < 1.29 is 14.5 Å². The van der Waals surface area contributed by atoms with Crippen molar-refractivity contribution in [2.24, 2.45) is 0 Å². The van der Waals surface area contributed by atoms with Crippen molar-refractivity contribution in [1.82, 2.24) is 10.2 Å². The van der Waals surface area contributed by atoms with Crippen molar-refractivity contribution in [2.45, 2.75) is 6.92 Å². The van der Waals surface area contributed by atoms with Crippen LogP contribution in [0.4, 0.5) is 11.4 Å². The normalized spacial score (nSPS) is 13.7. The molecule has 1 aliphatic heterocycles. The van der Waals surface area contributed by atoms with E-state index in [1.807, 2.05) is 11.8 Å². The second kappa shape index (κ2) is 9.73. The number of nitrogens with zero attached hydrogens (tertiary/aromatic N) is 3. The van der Waals surface area contributed by atoms with Crippen LogP contribution in [-0.4, -0.2) is 53.6 Å². The Morgan fingerprint density at radius 2 is 1.87 bits per heavy atom. The molecule has 1 fully saturated rings. The van der Waals surface area contributed by atoms with Crippen molar-refractivity contribution in [2.75, 3.05) is 37.7 Å². The molecule has 1 N–H and O–H groups in total. The van der Waals surface area contributed by atoms with E-state index in [4.69, 9.17) is 28.6 Å². The molecule has 0 saturated carbocycles. The summed E-state index contributed by atoms with van der Waals surface area (Å²) in [6.07, 6.45) is 0. The van der Waals surface area contributed by atoms with Gasteiger partial charge >= 0.3 is 0 Å². The molecule has 0 aliphatic carbocycles. The summed E-state index contributed by atoms with van der Waals surface area (Å²) in [6.45, 7) is 4.96. The highest BCUT2D eigenvalue weighted by Gasteiger charge is 2.21. The number of ether oxygens (including phenoxy) is 1. The fraction of sp³-hybridized carbons (Fsp3) is 0.300. The molecule has 3 rings (SSSR count). The van der Waals surface area contributed by atoms with Crippen LogP contribution in [0.15, 0.2) is 42.5 Å². The molecule has 2 aromatic carbocycles. The number of piperazine rings is 1. The highest BCUT2D eigenvalue weighted by Crippen LogP contribution is 2.25. The third kappa shape index (κ3) is 5.17. The highest BCUT2D eigenvalue weighted by molar-refractivity contribution is 7.80. The van der Waals surface area contributed by atoms with Gasteiger partial charge < -0.3 is 14.5 Å². The number of non-ortho nitro benzene ring substituents is 1. The first kappa shape index (κ1) is 21.8. The van der Waals surface area contributed by atoms with Crippen LogP contribution in [0.2, 0.25) is 5.02 Å². The van der Waals surface area contributed by atoms with E-state index < -0.39 is 4.92 Å². The Morgan fingerprint density at radius 3 is 2.43 bits per heavy atom. The maximum Gasteiger partial charge on any atom is 0.269 e. The number of hydrogen-bond acceptors (Lipinski definition) is 6. The number of carbonyl (C=O) groups excluding carboxylic acids is 1. The Balaban J connectivity index is 1.54. The van der Waals surface area contributed by atoms with E-state index in [1.54, 1.807) is 30.3 Å². The molecule has 1 amide bonds. The molecule has 1 heterocycles. The van der Waals surface area contributed by atoms with Crippen molar-refractivity contribution in [3.05, 3.63) is 63.2 Å². The highest BCUT2D eigenvalue weighted by atomic mass is 35.5. The average Bonchev–Trinajstić information content (AvgIpc) is 2.75. The van der Waals surface area contributed by atoms with Crippen LogP contribution in [0.25, 0.3) is 0 Å². The van der Waals surface area contributed by atoms with Gasteiger partial charge in [-0.3, -0.25) is 20.2 Å². The summed E-state index contributed by atoms with van der Waals surface area (Å²) in [4.78, 5) is 26.9. The van der Waals surface area contributed by atoms with Crippen LogP contribution in [0, 0.1) is 10.1 Å². The molecule has 0 atom stereocenters. The zero-order valence-electron chi connectivity index (χ0n) is 16.3. The van der Waals surface area contributed by atoms with Gasteiger partial charge in [-0.25, -0.2) is 0 Å². The summed E-state index contributed by atoms with van der Waals surface area (Å²) in [6, 6.07) is 11.3. The van der Waals surface area contributed by atoms with Gasteiger partial charge in [-0.15, -0.1) is 0 Å². The molecule has 0 aromatic heterocycles. The second-order valence-electron chi connectivity index (χ2n) is 6.59. The molecular weight excluding hydrogens is 428 g/mol. The number of nitro benzene ring substituents is 1.